The molecule has 2 aromatic heterocycles. The van der Waals surface area contributed by atoms with Crippen LogP contribution in [-0.2, 0) is 15.6 Å². The number of aromatic nitrogens is 5. The molecule has 2 rings (SSSR count). The van der Waals surface area contributed by atoms with Crippen molar-refractivity contribution in [1.82, 2.24) is 24.4 Å². The first-order valence-corrected chi connectivity index (χ1v) is 8.56. The summed E-state index contributed by atoms with van der Waals surface area (Å²) < 4.78 is 28.3. The van der Waals surface area contributed by atoms with Crippen LogP contribution >= 0.6 is 22.2 Å². The van der Waals surface area contributed by atoms with Gasteiger partial charge in [-0.3, -0.25) is 4.57 Å². The predicted molar refractivity (Wildman–Crippen MR) is 71.5 cm³/mol. The SMILES string of the molecule is Cc1nnsc1-c1nnc(S(=O)(=O)Cl)n1CC(C)C. The van der Waals surface area contributed by atoms with Gasteiger partial charge in [0.2, 0.25) is 0 Å². The summed E-state index contributed by atoms with van der Waals surface area (Å²) in [7, 11) is 1.45. The molecule has 0 saturated carbocycles. The number of nitrogens with zero attached hydrogens (tertiary/aromatic N) is 5. The van der Waals surface area contributed by atoms with Gasteiger partial charge in [0.05, 0.1) is 5.69 Å². The smallest absolute Gasteiger partial charge is 0.296 e. The van der Waals surface area contributed by atoms with Gasteiger partial charge < -0.3 is 0 Å². The minimum atomic E-state index is -3.94. The van der Waals surface area contributed by atoms with Crippen molar-refractivity contribution in [2.75, 3.05) is 0 Å². The highest BCUT2D eigenvalue weighted by molar-refractivity contribution is 8.13. The molecule has 0 unspecified atom stereocenters. The molecule has 0 aliphatic heterocycles. The maximum Gasteiger partial charge on any atom is 0.296 e. The third-order valence-electron chi connectivity index (χ3n) is 2.34. The Kier molecular flexibility index (Phi) is 3.88. The van der Waals surface area contributed by atoms with E-state index in [0.717, 1.165) is 11.5 Å². The van der Waals surface area contributed by atoms with Crippen molar-refractivity contribution in [3.8, 4) is 10.7 Å². The average Bonchev–Trinajstić information content (AvgIpc) is 2.82. The number of halogens is 1. The summed E-state index contributed by atoms with van der Waals surface area (Å²) in [5, 5.41) is 11.2. The quantitative estimate of drug-likeness (QED) is 0.796. The molecule has 0 radical (unpaired) electrons. The highest BCUT2D eigenvalue weighted by Crippen LogP contribution is 2.27. The Labute approximate surface area is 119 Å². The van der Waals surface area contributed by atoms with Crippen LogP contribution in [0.15, 0.2) is 5.16 Å². The molecule has 0 atom stereocenters. The first-order chi connectivity index (χ1) is 8.80. The van der Waals surface area contributed by atoms with Crippen LogP contribution in [0.1, 0.15) is 19.5 Å². The van der Waals surface area contributed by atoms with Crippen LogP contribution in [0, 0.1) is 12.8 Å². The Morgan fingerprint density at radius 2 is 2.00 bits per heavy atom. The summed E-state index contributed by atoms with van der Waals surface area (Å²) in [6, 6.07) is 0. The third kappa shape index (κ3) is 2.93. The second-order valence-corrected chi connectivity index (χ2v) is 7.65. The second kappa shape index (κ2) is 5.14. The minimum Gasteiger partial charge on any atom is -0.296 e. The van der Waals surface area contributed by atoms with Crippen LogP contribution in [0.2, 0.25) is 0 Å². The number of hydrogen-bond donors (Lipinski definition) is 0. The fraction of sp³-hybridized carbons (Fsp3) is 0.556. The normalized spacial score (nSPS) is 12.3. The lowest BCUT2D eigenvalue weighted by molar-refractivity contribution is 0.489. The van der Waals surface area contributed by atoms with Crippen molar-refractivity contribution >= 4 is 31.3 Å². The van der Waals surface area contributed by atoms with Gasteiger partial charge in [-0.1, -0.05) is 18.3 Å². The lowest BCUT2D eigenvalue weighted by atomic mass is 10.2. The van der Waals surface area contributed by atoms with Crippen molar-refractivity contribution in [1.29, 1.82) is 0 Å². The largest absolute Gasteiger partial charge is 0.296 e. The summed E-state index contributed by atoms with van der Waals surface area (Å²) >= 11 is 1.15. The van der Waals surface area contributed by atoms with E-state index < -0.39 is 9.05 Å². The Morgan fingerprint density at radius 3 is 2.47 bits per heavy atom. The molecule has 0 amide bonds. The predicted octanol–water partition coefficient (Wildman–Crippen LogP) is 1.69. The maximum absolute atomic E-state index is 11.5. The van der Waals surface area contributed by atoms with Crippen molar-refractivity contribution in [2.45, 2.75) is 32.5 Å². The van der Waals surface area contributed by atoms with Gasteiger partial charge >= 0.3 is 0 Å². The van der Waals surface area contributed by atoms with E-state index in [1.807, 2.05) is 13.8 Å². The van der Waals surface area contributed by atoms with Gasteiger partial charge in [0.1, 0.15) is 4.88 Å². The van der Waals surface area contributed by atoms with Crippen LogP contribution < -0.4 is 0 Å². The topological polar surface area (TPSA) is 90.6 Å². The monoisotopic (exact) mass is 321 g/mol. The zero-order valence-corrected chi connectivity index (χ0v) is 12.9. The van der Waals surface area contributed by atoms with Gasteiger partial charge in [-0.25, -0.2) is 8.42 Å². The van der Waals surface area contributed by atoms with E-state index in [2.05, 4.69) is 19.8 Å². The van der Waals surface area contributed by atoms with Gasteiger partial charge in [-0.05, 0) is 24.4 Å². The van der Waals surface area contributed by atoms with Crippen LogP contribution in [0.4, 0.5) is 0 Å². The molecule has 104 valence electrons. The molecule has 19 heavy (non-hydrogen) atoms. The molecule has 0 aliphatic carbocycles. The zero-order valence-electron chi connectivity index (χ0n) is 10.5. The molecule has 0 spiro atoms. The number of hydrogen-bond acceptors (Lipinski definition) is 7. The molecule has 0 aromatic carbocycles. The Bertz CT molecular complexity index is 691. The summed E-state index contributed by atoms with van der Waals surface area (Å²) in [5.74, 6) is 0.647. The molecule has 0 saturated heterocycles. The van der Waals surface area contributed by atoms with Crippen LogP contribution in [0.3, 0.4) is 0 Å². The number of aryl methyl sites for hydroxylation is 1. The summed E-state index contributed by atoms with van der Waals surface area (Å²) in [4.78, 5) is 0.694. The highest BCUT2D eigenvalue weighted by atomic mass is 35.7. The van der Waals surface area contributed by atoms with E-state index in [4.69, 9.17) is 10.7 Å². The highest BCUT2D eigenvalue weighted by Gasteiger charge is 2.25. The second-order valence-electron chi connectivity index (χ2n) is 4.44. The Morgan fingerprint density at radius 1 is 1.32 bits per heavy atom. The molecule has 0 aliphatic rings. The molecule has 2 aromatic rings. The Balaban J connectivity index is 2.63. The molecule has 10 heteroatoms. The van der Waals surface area contributed by atoms with E-state index in [0.29, 0.717) is 22.9 Å². The maximum atomic E-state index is 11.5. The van der Waals surface area contributed by atoms with E-state index in [-0.39, 0.29) is 11.1 Å². The van der Waals surface area contributed by atoms with Gasteiger partial charge in [-0.15, -0.1) is 15.3 Å². The lowest BCUT2D eigenvalue weighted by Crippen LogP contribution is -2.11. The fourth-order valence-electron chi connectivity index (χ4n) is 1.60. The van der Waals surface area contributed by atoms with Crippen LogP contribution in [-0.4, -0.2) is 32.8 Å². The average molecular weight is 322 g/mol. The van der Waals surface area contributed by atoms with Gasteiger partial charge in [0.15, 0.2) is 5.82 Å². The summed E-state index contributed by atoms with van der Waals surface area (Å²) in [5.41, 5.74) is 0.681. The molecule has 0 bridgehead atoms. The standard InChI is InChI=1S/C9H12ClN5O2S2/c1-5(2)4-15-8(7-6(3)11-14-18-7)12-13-9(15)19(10,16)17/h5H,4H2,1-3H3. The lowest BCUT2D eigenvalue weighted by Gasteiger charge is -2.10. The van der Waals surface area contributed by atoms with E-state index in [1.165, 1.54) is 4.57 Å². The third-order valence-corrected chi connectivity index (χ3v) is 4.31. The van der Waals surface area contributed by atoms with Crippen molar-refractivity contribution in [2.24, 2.45) is 5.92 Å². The molecular formula is C9H12ClN5O2S2. The molecular weight excluding hydrogens is 310 g/mol. The number of rotatable bonds is 4. The van der Waals surface area contributed by atoms with Crippen molar-refractivity contribution < 1.29 is 8.42 Å². The van der Waals surface area contributed by atoms with Crippen molar-refractivity contribution in [3.63, 3.8) is 0 Å². The van der Waals surface area contributed by atoms with E-state index >= 15 is 0 Å². The van der Waals surface area contributed by atoms with Crippen LogP contribution in [0.5, 0.6) is 0 Å². The summed E-state index contributed by atoms with van der Waals surface area (Å²) in [6.07, 6.45) is 0. The minimum absolute atomic E-state index is 0.216. The fourth-order valence-corrected chi connectivity index (χ4v) is 3.16. The molecule has 0 fully saturated rings. The van der Waals surface area contributed by atoms with E-state index in [1.54, 1.807) is 6.92 Å². The summed E-state index contributed by atoms with van der Waals surface area (Å²) in [6.45, 7) is 6.15. The van der Waals surface area contributed by atoms with Gasteiger partial charge in [-0.2, -0.15) is 0 Å². The molecule has 7 nitrogen and oxygen atoms in total. The van der Waals surface area contributed by atoms with Gasteiger partial charge in [0, 0.05) is 17.2 Å². The van der Waals surface area contributed by atoms with Gasteiger partial charge in [0.25, 0.3) is 14.2 Å². The first-order valence-electron chi connectivity index (χ1n) is 5.48. The first kappa shape index (κ1) is 14.4. The Hall–Kier alpha value is -1.06. The van der Waals surface area contributed by atoms with E-state index in [9.17, 15) is 8.42 Å². The molecule has 2 heterocycles. The zero-order chi connectivity index (χ0) is 14.2. The van der Waals surface area contributed by atoms with Crippen LogP contribution in [0.25, 0.3) is 10.7 Å². The molecule has 0 N–H and O–H groups in total. The van der Waals surface area contributed by atoms with Crippen molar-refractivity contribution in [3.05, 3.63) is 5.69 Å².